The number of rotatable bonds is 4. The van der Waals surface area contributed by atoms with Crippen molar-refractivity contribution in [2.75, 3.05) is 0 Å². The molecule has 1 aromatic rings. The van der Waals surface area contributed by atoms with E-state index >= 15 is 0 Å². The van der Waals surface area contributed by atoms with Crippen molar-refractivity contribution in [3.8, 4) is 0 Å². The molecule has 15 heavy (non-hydrogen) atoms. The molecule has 0 aromatic carbocycles. The lowest BCUT2D eigenvalue weighted by molar-refractivity contribution is -0.139. The summed E-state index contributed by atoms with van der Waals surface area (Å²) in [5, 5.41) is 11.0. The number of nitrogens with one attached hydrogen (secondary N) is 1. The van der Waals surface area contributed by atoms with Crippen LogP contribution in [0.5, 0.6) is 0 Å². The molecule has 0 bridgehead atoms. The number of carbonyl (C=O) groups excluding carboxylic acids is 1. The van der Waals surface area contributed by atoms with Gasteiger partial charge in [0.05, 0.1) is 6.20 Å². The number of carbonyl (C=O) groups is 2. The van der Waals surface area contributed by atoms with E-state index < -0.39 is 17.9 Å². The highest BCUT2D eigenvalue weighted by Crippen LogP contribution is 2.03. The molecule has 1 atom stereocenters. The average molecular weight is 212 g/mol. The largest absolute Gasteiger partial charge is 0.480 e. The second-order valence-corrected chi connectivity index (χ2v) is 3.02. The van der Waals surface area contributed by atoms with Gasteiger partial charge in [0.15, 0.2) is 5.89 Å². The summed E-state index contributed by atoms with van der Waals surface area (Å²) in [5.41, 5.74) is 0. The van der Waals surface area contributed by atoms with Gasteiger partial charge in [-0.15, -0.1) is 0 Å². The van der Waals surface area contributed by atoms with Gasteiger partial charge in [-0.1, -0.05) is 6.92 Å². The van der Waals surface area contributed by atoms with E-state index in [2.05, 4.69) is 10.3 Å². The molecular weight excluding hydrogens is 200 g/mol. The molecule has 0 spiro atoms. The zero-order valence-corrected chi connectivity index (χ0v) is 8.48. The highest BCUT2D eigenvalue weighted by molar-refractivity contribution is 5.93. The van der Waals surface area contributed by atoms with E-state index in [1.807, 2.05) is 0 Å². The third-order valence-electron chi connectivity index (χ3n) is 1.86. The standard InChI is InChI=1S/C9H12N2O4/c1-3-6(9(13)14)11-8(12)7-4-10-5(2)15-7/h4,6H,3H2,1-2H3,(H,11,12)(H,13,14). The second kappa shape index (κ2) is 4.59. The number of aromatic nitrogens is 1. The van der Waals surface area contributed by atoms with E-state index in [1.54, 1.807) is 13.8 Å². The minimum Gasteiger partial charge on any atom is -0.480 e. The van der Waals surface area contributed by atoms with Crippen LogP contribution in [0.1, 0.15) is 29.8 Å². The fourth-order valence-corrected chi connectivity index (χ4v) is 1.03. The maximum absolute atomic E-state index is 11.4. The van der Waals surface area contributed by atoms with Crippen LogP contribution in [0.4, 0.5) is 0 Å². The van der Waals surface area contributed by atoms with Crippen LogP contribution in [0.15, 0.2) is 10.6 Å². The van der Waals surface area contributed by atoms with Gasteiger partial charge in [0, 0.05) is 6.92 Å². The van der Waals surface area contributed by atoms with Crippen molar-refractivity contribution in [3.63, 3.8) is 0 Å². The number of aryl methyl sites for hydroxylation is 1. The summed E-state index contributed by atoms with van der Waals surface area (Å²) >= 11 is 0. The number of oxazole rings is 1. The van der Waals surface area contributed by atoms with Crippen molar-refractivity contribution in [2.45, 2.75) is 26.3 Å². The Morgan fingerprint density at radius 3 is 2.73 bits per heavy atom. The second-order valence-electron chi connectivity index (χ2n) is 3.02. The highest BCUT2D eigenvalue weighted by Gasteiger charge is 2.20. The zero-order chi connectivity index (χ0) is 11.4. The first-order valence-corrected chi connectivity index (χ1v) is 4.50. The molecule has 1 heterocycles. The fraction of sp³-hybridized carbons (Fsp3) is 0.444. The van der Waals surface area contributed by atoms with Gasteiger partial charge in [-0.05, 0) is 6.42 Å². The minimum atomic E-state index is -1.07. The fourth-order valence-electron chi connectivity index (χ4n) is 1.03. The maximum Gasteiger partial charge on any atom is 0.326 e. The molecule has 1 aromatic heterocycles. The molecule has 82 valence electrons. The number of carboxylic acid groups (broad SMARTS) is 1. The lowest BCUT2D eigenvalue weighted by Crippen LogP contribution is -2.40. The predicted molar refractivity (Wildman–Crippen MR) is 50.4 cm³/mol. The van der Waals surface area contributed by atoms with Crippen LogP contribution in [-0.2, 0) is 4.79 Å². The van der Waals surface area contributed by atoms with Crippen molar-refractivity contribution in [2.24, 2.45) is 0 Å². The van der Waals surface area contributed by atoms with E-state index in [0.29, 0.717) is 12.3 Å². The van der Waals surface area contributed by atoms with Crippen LogP contribution >= 0.6 is 0 Å². The molecule has 0 fully saturated rings. The zero-order valence-electron chi connectivity index (χ0n) is 8.48. The molecule has 0 aliphatic heterocycles. The van der Waals surface area contributed by atoms with Crippen molar-refractivity contribution >= 4 is 11.9 Å². The van der Waals surface area contributed by atoms with Crippen LogP contribution in [0, 0.1) is 6.92 Å². The summed E-state index contributed by atoms with van der Waals surface area (Å²) in [5.74, 6) is -1.25. The van der Waals surface area contributed by atoms with E-state index in [0.717, 1.165) is 0 Å². The molecule has 0 saturated carbocycles. The topological polar surface area (TPSA) is 92.4 Å². The van der Waals surface area contributed by atoms with E-state index in [9.17, 15) is 9.59 Å². The normalized spacial score (nSPS) is 12.1. The number of hydrogen-bond acceptors (Lipinski definition) is 4. The summed E-state index contributed by atoms with van der Waals surface area (Å²) in [6.07, 6.45) is 1.58. The number of amides is 1. The maximum atomic E-state index is 11.4. The lowest BCUT2D eigenvalue weighted by atomic mass is 10.2. The SMILES string of the molecule is CCC(NC(=O)c1cnc(C)o1)C(=O)O. The smallest absolute Gasteiger partial charge is 0.326 e. The quantitative estimate of drug-likeness (QED) is 0.761. The molecule has 2 N–H and O–H groups in total. The van der Waals surface area contributed by atoms with Gasteiger partial charge in [-0.25, -0.2) is 9.78 Å². The van der Waals surface area contributed by atoms with Gasteiger partial charge in [-0.3, -0.25) is 4.79 Å². The molecule has 0 aliphatic rings. The van der Waals surface area contributed by atoms with Crippen LogP contribution in [-0.4, -0.2) is 28.0 Å². The third-order valence-corrected chi connectivity index (χ3v) is 1.86. The van der Waals surface area contributed by atoms with Gasteiger partial charge in [0.1, 0.15) is 6.04 Å². The van der Waals surface area contributed by atoms with Crippen molar-refractivity contribution in [1.82, 2.24) is 10.3 Å². The number of carboxylic acids is 1. The molecule has 6 nitrogen and oxygen atoms in total. The molecule has 0 radical (unpaired) electrons. The minimum absolute atomic E-state index is 0.0206. The molecular formula is C9H12N2O4. The Hall–Kier alpha value is -1.85. The number of nitrogens with zero attached hydrogens (tertiary/aromatic N) is 1. The third kappa shape index (κ3) is 2.80. The molecule has 1 rings (SSSR count). The van der Waals surface area contributed by atoms with Gasteiger partial charge >= 0.3 is 5.97 Å². The summed E-state index contributed by atoms with van der Waals surface area (Å²) < 4.78 is 4.95. The Balaban J connectivity index is 2.66. The van der Waals surface area contributed by atoms with Crippen LogP contribution in [0.3, 0.4) is 0 Å². The van der Waals surface area contributed by atoms with Crippen LogP contribution < -0.4 is 5.32 Å². The van der Waals surface area contributed by atoms with E-state index in [4.69, 9.17) is 9.52 Å². The summed E-state index contributed by atoms with van der Waals surface area (Å²) in [4.78, 5) is 25.8. The number of aliphatic carboxylic acids is 1. The van der Waals surface area contributed by atoms with Crippen LogP contribution in [0.25, 0.3) is 0 Å². The molecule has 6 heteroatoms. The predicted octanol–water partition coefficient (Wildman–Crippen LogP) is 0.576. The molecule has 1 amide bonds. The molecule has 0 aliphatic carbocycles. The highest BCUT2D eigenvalue weighted by atomic mass is 16.4. The summed E-state index contributed by atoms with van der Waals surface area (Å²) in [6, 6.07) is -0.900. The van der Waals surface area contributed by atoms with Gasteiger partial charge < -0.3 is 14.8 Å². The van der Waals surface area contributed by atoms with Gasteiger partial charge in [0.25, 0.3) is 5.91 Å². The Morgan fingerprint density at radius 2 is 2.33 bits per heavy atom. The first-order valence-electron chi connectivity index (χ1n) is 4.50. The number of hydrogen-bond donors (Lipinski definition) is 2. The first kappa shape index (κ1) is 11.2. The Labute approximate surface area is 86.3 Å². The van der Waals surface area contributed by atoms with Crippen molar-refractivity contribution < 1.29 is 19.1 Å². The van der Waals surface area contributed by atoms with Gasteiger partial charge in [0.2, 0.25) is 5.76 Å². The summed E-state index contributed by atoms with van der Waals surface area (Å²) in [6.45, 7) is 3.27. The van der Waals surface area contributed by atoms with Crippen molar-refractivity contribution in [3.05, 3.63) is 17.8 Å². The average Bonchev–Trinajstić information content (AvgIpc) is 2.60. The van der Waals surface area contributed by atoms with E-state index in [1.165, 1.54) is 6.20 Å². The van der Waals surface area contributed by atoms with Gasteiger partial charge in [-0.2, -0.15) is 0 Å². The lowest BCUT2D eigenvalue weighted by Gasteiger charge is -2.10. The Bertz CT molecular complexity index is 372. The first-order chi connectivity index (χ1) is 7.04. The van der Waals surface area contributed by atoms with E-state index in [-0.39, 0.29) is 5.76 Å². The Morgan fingerprint density at radius 1 is 1.67 bits per heavy atom. The molecule has 0 saturated heterocycles. The Kier molecular flexibility index (Phi) is 3.43. The summed E-state index contributed by atoms with van der Waals surface area (Å²) in [7, 11) is 0. The van der Waals surface area contributed by atoms with Crippen molar-refractivity contribution in [1.29, 1.82) is 0 Å². The van der Waals surface area contributed by atoms with Crippen LogP contribution in [0.2, 0.25) is 0 Å². The molecule has 1 unspecified atom stereocenters. The monoisotopic (exact) mass is 212 g/mol.